The molecule has 6 heteroatoms. The van der Waals surface area contributed by atoms with Crippen LogP contribution in [0.15, 0.2) is 24.3 Å². The van der Waals surface area contributed by atoms with E-state index in [0.717, 1.165) is 25.9 Å². The molecule has 1 saturated heterocycles. The average molecular weight is 288 g/mol. The van der Waals surface area contributed by atoms with Crippen LogP contribution in [-0.2, 0) is 0 Å². The first-order chi connectivity index (χ1) is 9.79. The van der Waals surface area contributed by atoms with Gasteiger partial charge in [-0.05, 0) is 31.4 Å². The second-order valence-electron chi connectivity index (χ2n) is 4.77. The average Bonchev–Trinajstić information content (AvgIpc) is 2.92. The summed E-state index contributed by atoms with van der Waals surface area (Å²) in [5, 5.41) is 18.5. The number of para-hydroxylation sites is 1. The summed E-state index contributed by atoms with van der Waals surface area (Å²) in [6.07, 6.45) is 3.49. The molecular weight excluding hydrogens is 274 g/mol. The Morgan fingerprint density at radius 2 is 1.85 bits per heavy atom. The van der Waals surface area contributed by atoms with Crippen LogP contribution in [0.3, 0.4) is 0 Å². The van der Waals surface area contributed by atoms with Gasteiger partial charge in [0, 0.05) is 13.1 Å². The summed E-state index contributed by atoms with van der Waals surface area (Å²) in [4.78, 5) is 3.58. The molecule has 0 atom stereocenters. The lowest BCUT2D eigenvalue weighted by Crippen LogP contribution is -2.30. The van der Waals surface area contributed by atoms with Crippen LogP contribution in [0.2, 0.25) is 5.02 Å². The molecule has 2 heterocycles. The Balaban J connectivity index is 2.01. The molecular formula is C14H14ClN5. The number of rotatable bonds is 2. The molecule has 0 amide bonds. The minimum atomic E-state index is 0.354. The Morgan fingerprint density at radius 1 is 1.10 bits per heavy atom. The van der Waals surface area contributed by atoms with E-state index in [-0.39, 0.29) is 0 Å². The highest BCUT2D eigenvalue weighted by atomic mass is 35.5. The van der Waals surface area contributed by atoms with Crippen molar-refractivity contribution in [3.8, 4) is 11.8 Å². The number of piperidine rings is 1. The topological polar surface area (TPSA) is 57.7 Å². The van der Waals surface area contributed by atoms with Crippen LogP contribution in [-0.4, -0.2) is 28.1 Å². The molecule has 102 valence electrons. The summed E-state index contributed by atoms with van der Waals surface area (Å²) in [5.74, 6) is 0.659. The molecule has 1 aliphatic heterocycles. The highest BCUT2D eigenvalue weighted by Gasteiger charge is 2.20. The highest BCUT2D eigenvalue weighted by Crippen LogP contribution is 2.24. The standard InChI is InChI=1S/C14H14ClN5/c15-11-6-2-3-7-13(11)20-17-12(10-16)14(18-20)19-8-4-1-5-9-19/h2-3,6-7H,1,4-5,8-9H2. The van der Waals surface area contributed by atoms with E-state index in [2.05, 4.69) is 21.2 Å². The third kappa shape index (κ3) is 2.35. The van der Waals surface area contributed by atoms with E-state index in [1.165, 1.54) is 11.2 Å². The first-order valence-electron chi connectivity index (χ1n) is 6.67. The summed E-state index contributed by atoms with van der Waals surface area (Å²) in [7, 11) is 0. The Labute approximate surface area is 122 Å². The number of anilines is 1. The van der Waals surface area contributed by atoms with Gasteiger partial charge in [-0.3, -0.25) is 0 Å². The molecule has 0 aliphatic carbocycles. The number of benzene rings is 1. The molecule has 0 bridgehead atoms. The predicted octanol–water partition coefficient (Wildman–Crippen LogP) is 2.78. The second-order valence-corrected chi connectivity index (χ2v) is 5.18. The van der Waals surface area contributed by atoms with Crippen LogP contribution < -0.4 is 4.90 Å². The minimum absolute atomic E-state index is 0.354. The van der Waals surface area contributed by atoms with Crippen LogP contribution in [0.25, 0.3) is 5.69 Å². The van der Waals surface area contributed by atoms with E-state index in [1.54, 1.807) is 6.07 Å². The molecule has 0 N–H and O–H groups in total. The fraction of sp³-hybridized carbons (Fsp3) is 0.357. The Morgan fingerprint density at radius 3 is 2.55 bits per heavy atom. The fourth-order valence-corrected chi connectivity index (χ4v) is 2.62. The third-order valence-electron chi connectivity index (χ3n) is 3.43. The second kappa shape index (κ2) is 5.51. The van der Waals surface area contributed by atoms with E-state index in [1.807, 2.05) is 18.2 Å². The third-order valence-corrected chi connectivity index (χ3v) is 3.75. The number of hydrogen-bond donors (Lipinski definition) is 0. The molecule has 1 aromatic heterocycles. The molecule has 1 fully saturated rings. The Hall–Kier alpha value is -2.06. The molecule has 0 spiro atoms. The van der Waals surface area contributed by atoms with Crippen molar-refractivity contribution in [1.82, 2.24) is 15.0 Å². The predicted molar refractivity (Wildman–Crippen MR) is 77.1 cm³/mol. The van der Waals surface area contributed by atoms with E-state index in [4.69, 9.17) is 11.6 Å². The van der Waals surface area contributed by atoms with Gasteiger partial charge < -0.3 is 4.90 Å². The number of hydrogen-bond acceptors (Lipinski definition) is 4. The smallest absolute Gasteiger partial charge is 0.207 e. The van der Waals surface area contributed by atoms with Crippen molar-refractivity contribution in [2.45, 2.75) is 19.3 Å². The number of halogens is 1. The van der Waals surface area contributed by atoms with Crippen molar-refractivity contribution < 1.29 is 0 Å². The van der Waals surface area contributed by atoms with Gasteiger partial charge in [0.1, 0.15) is 11.8 Å². The molecule has 0 unspecified atom stereocenters. The Kier molecular flexibility index (Phi) is 3.57. The van der Waals surface area contributed by atoms with Gasteiger partial charge in [0.15, 0.2) is 5.82 Å². The molecule has 1 aliphatic rings. The van der Waals surface area contributed by atoms with Gasteiger partial charge in [-0.1, -0.05) is 23.7 Å². The number of nitriles is 1. The van der Waals surface area contributed by atoms with Crippen molar-refractivity contribution >= 4 is 17.4 Å². The van der Waals surface area contributed by atoms with Crippen molar-refractivity contribution in [3.05, 3.63) is 35.0 Å². The lowest BCUT2D eigenvalue weighted by Gasteiger charge is -2.26. The maximum Gasteiger partial charge on any atom is 0.207 e. The van der Waals surface area contributed by atoms with Crippen molar-refractivity contribution in [2.75, 3.05) is 18.0 Å². The minimum Gasteiger partial charge on any atom is -0.353 e. The summed E-state index contributed by atoms with van der Waals surface area (Å²) >= 11 is 6.15. The van der Waals surface area contributed by atoms with E-state index >= 15 is 0 Å². The molecule has 1 aromatic carbocycles. The van der Waals surface area contributed by atoms with Crippen LogP contribution in [0, 0.1) is 11.3 Å². The lowest BCUT2D eigenvalue weighted by atomic mass is 10.1. The number of aromatic nitrogens is 3. The first-order valence-corrected chi connectivity index (χ1v) is 7.04. The summed E-state index contributed by atoms with van der Waals surface area (Å²) in [6.45, 7) is 1.85. The van der Waals surface area contributed by atoms with Gasteiger partial charge in [-0.15, -0.1) is 15.0 Å². The molecule has 0 saturated carbocycles. The fourth-order valence-electron chi connectivity index (χ4n) is 2.41. The van der Waals surface area contributed by atoms with Gasteiger partial charge in [0.25, 0.3) is 0 Å². The first kappa shape index (κ1) is 12.9. The van der Waals surface area contributed by atoms with Gasteiger partial charge >= 0.3 is 0 Å². The zero-order chi connectivity index (χ0) is 13.9. The molecule has 2 aromatic rings. The maximum atomic E-state index is 9.25. The lowest BCUT2D eigenvalue weighted by molar-refractivity contribution is 0.571. The monoisotopic (exact) mass is 287 g/mol. The van der Waals surface area contributed by atoms with Crippen LogP contribution >= 0.6 is 11.6 Å². The van der Waals surface area contributed by atoms with Crippen LogP contribution in [0.1, 0.15) is 25.0 Å². The van der Waals surface area contributed by atoms with Gasteiger partial charge in [0.05, 0.1) is 5.02 Å². The molecule has 0 radical (unpaired) electrons. The highest BCUT2D eigenvalue weighted by molar-refractivity contribution is 6.32. The summed E-state index contributed by atoms with van der Waals surface area (Å²) in [5.41, 5.74) is 1.04. The van der Waals surface area contributed by atoms with Gasteiger partial charge in [0.2, 0.25) is 5.69 Å². The van der Waals surface area contributed by atoms with E-state index in [0.29, 0.717) is 22.2 Å². The quantitative estimate of drug-likeness (QED) is 0.852. The normalized spacial score (nSPS) is 15.1. The van der Waals surface area contributed by atoms with Crippen LogP contribution in [0.5, 0.6) is 0 Å². The van der Waals surface area contributed by atoms with Crippen molar-refractivity contribution in [1.29, 1.82) is 5.26 Å². The molecule has 20 heavy (non-hydrogen) atoms. The van der Waals surface area contributed by atoms with Crippen molar-refractivity contribution in [3.63, 3.8) is 0 Å². The molecule has 3 rings (SSSR count). The SMILES string of the molecule is N#Cc1nn(-c2ccccc2Cl)nc1N1CCCCC1. The number of nitrogens with zero attached hydrogens (tertiary/aromatic N) is 5. The molecule has 5 nitrogen and oxygen atoms in total. The van der Waals surface area contributed by atoms with Crippen LogP contribution in [0.4, 0.5) is 5.82 Å². The van der Waals surface area contributed by atoms with E-state index in [9.17, 15) is 5.26 Å². The van der Waals surface area contributed by atoms with Crippen molar-refractivity contribution in [2.24, 2.45) is 0 Å². The summed E-state index contributed by atoms with van der Waals surface area (Å²) in [6, 6.07) is 9.47. The van der Waals surface area contributed by atoms with Gasteiger partial charge in [-0.25, -0.2) is 0 Å². The summed E-state index contributed by atoms with van der Waals surface area (Å²) < 4.78 is 0. The zero-order valence-electron chi connectivity index (χ0n) is 11.0. The largest absolute Gasteiger partial charge is 0.353 e. The maximum absolute atomic E-state index is 9.25. The Bertz CT molecular complexity index is 652. The van der Waals surface area contributed by atoms with Gasteiger partial charge in [-0.2, -0.15) is 5.26 Å². The van der Waals surface area contributed by atoms with E-state index < -0.39 is 0 Å². The zero-order valence-corrected chi connectivity index (χ0v) is 11.7.